The van der Waals surface area contributed by atoms with E-state index in [1.54, 1.807) is 4.90 Å². The molecule has 2 rings (SSSR count). The lowest BCUT2D eigenvalue weighted by molar-refractivity contribution is -0.0188. The van der Waals surface area contributed by atoms with E-state index >= 15 is 0 Å². The number of rotatable bonds is 3. The van der Waals surface area contributed by atoms with Crippen molar-refractivity contribution in [3.05, 3.63) is 0 Å². The number of hydrogen-bond acceptors (Lipinski definition) is 4. The molecule has 0 N–H and O–H groups in total. The van der Waals surface area contributed by atoms with Gasteiger partial charge in [-0.2, -0.15) is 0 Å². The Hall–Kier alpha value is -1.24. The van der Waals surface area contributed by atoms with Crippen molar-refractivity contribution in [2.45, 2.75) is 89.9 Å². The summed E-state index contributed by atoms with van der Waals surface area (Å²) in [6.07, 6.45) is 1.31. The van der Waals surface area contributed by atoms with Crippen molar-refractivity contribution in [3.63, 3.8) is 0 Å². The number of fused-ring (bicyclic) bond motifs is 2. The van der Waals surface area contributed by atoms with Crippen molar-refractivity contribution in [1.82, 2.24) is 9.80 Å². The molecule has 2 saturated heterocycles. The third kappa shape index (κ3) is 5.12. The number of piperazine rings is 1. The summed E-state index contributed by atoms with van der Waals surface area (Å²) < 4.78 is 11.1. The van der Waals surface area contributed by atoms with Crippen LogP contribution in [0.15, 0.2) is 0 Å². The van der Waals surface area contributed by atoms with Crippen LogP contribution in [0, 0.1) is 0 Å². The predicted octanol–water partition coefficient (Wildman–Crippen LogP) is 3.93. The highest BCUT2D eigenvalue weighted by molar-refractivity contribution is 6.76. The van der Waals surface area contributed by atoms with E-state index in [1.165, 1.54) is 0 Å². The minimum absolute atomic E-state index is 0.0122. The maximum atomic E-state index is 12.6. The van der Waals surface area contributed by atoms with Gasteiger partial charge in [0.25, 0.3) is 0 Å². The SMILES string of the molecule is C[C@@H]1[C@@H]2CC[C@H](CN1C(=O)OCC[Si](C)(C)C)N2C(=O)OC(C)(C)C. The summed E-state index contributed by atoms with van der Waals surface area (Å²) in [5.74, 6) is 0. The van der Waals surface area contributed by atoms with E-state index in [4.69, 9.17) is 9.47 Å². The van der Waals surface area contributed by atoms with Gasteiger partial charge >= 0.3 is 12.2 Å². The minimum Gasteiger partial charge on any atom is -0.450 e. The van der Waals surface area contributed by atoms with E-state index in [2.05, 4.69) is 19.6 Å². The van der Waals surface area contributed by atoms with Gasteiger partial charge in [0.2, 0.25) is 0 Å². The summed E-state index contributed by atoms with van der Waals surface area (Å²) in [6, 6.07) is 0.960. The van der Waals surface area contributed by atoms with Crippen molar-refractivity contribution in [1.29, 1.82) is 0 Å². The molecule has 0 unspecified atom stereocenters. The summed E-state index contributed by atoms with van der Waals surface area (Å²) in [7, 11) is -1.22. The van der Waals surface area contributed by atoms with Crippen molar-refractivity contribution >= 4 is 20.3 Å². The number of nitrogens with zero attached hydrogens (tertiary/aromatic N) is 2. The monoisotopic (exact) mass is 370 g/mol. The van der Waals surface area contributed by atoms with Crippen LogP contribution in [0.1, 0.15) is 40.5 Å². The summed E-state index contributed by atoms with van der Waals surface area (Å²) in [4.78, 5) is 28.7. The standard InChI is InChI=1S/C18H34N2O4Si/c1-13-15-9-8-14(20(15)17(22)24-18(2,3)4)12-19(13)16(21)23-10-11-25(5,6)7/h13-15H,8-12H2,1-7H3/t13-,14-,15+/m1/s1. The maximum Gasteiger partial charge on any atom is 0.410 e. The molecule has 2 amide bonds. The molecule has 2 bridgehead atoms. The van der Waals surface area contributed by atoms with Crippen molar-refractivity contribution in [3.8, 4) is 0 Å². The smallest absolute Gasteiger partial charge is 0.410 e. The summed E-state index contributed by atoms with van der Waals surface area (Å²) >= 11 is 0. The number of carbonyl (C=O) groups is 2. The van der Waals surface area contributed by atoms with E-state index < -0.39 is 13.7 Å². The van der Waals surface area contributed by atoms with Gasteiger partial charge in [-0.1, -0.05) is 19.6 Å². The molecule has 0 radical (unpaired) electrons. The summed E-state index contributed by atoms with van der Waals surface area (Å²) in [6.45, 7) is 15.5. The molecule has 144 valence electrons. The number of hydrogen-bond donors (Lipinski definition) is 0. The largest absolute Gasteiger partial charge is 0.450 e. The van der Waals surface area contributed by atoms with Gasteiger partial charge in [0.1, 0.15) is 5.60 Å². The average Bonchev–Trinajstić information content (AvgIpc) is 2.77. The Morgan fingerprint density at radius 2 is 1.76 bits per heavy atom. The highest BCUT2D eigenvalue weighted by atomic mass is 28.3. The Labute approximate surface area is 152 Å². The van der Waals surface area contributed by atoms with Crippen LogP contribution in [-0.2, 0) is 9.47 Å². The molecule has 7 heteroatoms. The molecule has 3 atom stereocenters. The lowest BCUT2D eigenvalue weighted by Crippen LogP contribution is -2.62. The molecule has 2 fully saturated rings. The van der Waals surface area contributed by atoms with Crippen LogP contribution in [0.3, 0.4) is 0 Å². The van der Waals surface area contributed by atoms with Crippen LogP contribution < -0.4 is 0 Å². The van der Waals surface area contributed by atoms with Gasteiger partial charge in [0.05, 0.1) is 24.7 Å². The highest BCUT2D eigenvalue weighted by Crippen LogP contribution is 2.35. The quantitative estimate of drug-likeness (QED) is 0.706. The fraction of sp³-hybridized carbons (Fsp3) is 0.889. The second kappa shape index (κ2) is 7.17. The Morgan fingerprint density at radius 3 is 2.32 bits per heavy atom. The topological polar surface area (TPSA) is 59.1 Å². The normalized spacial score (nSPS) is 26.6. The van der Waals surface area contributed by atoms with E-state index in [0.717, 1.165) is 18.9 Å². The molecule has 2 aliphatic heterocycles. The first-order valence-corrected chi connectivity index (χ1v) is 13.0. The van der Waals surface area contributed by atoms with Crippen LogP contribution in [0.25, 0.3) is 0 Å². The number of amides is 2. The lowest BCUT2D eigenvalue weighted by atomic mass is 10.1. The summed E-state index contributed by atoms with van der Waals surface area (Å²) in [5, 5.41) is 0. The zero-order valence-electron chi connectivity index (χ0n) is 16.8. The van der Waals surface area contributed by atoms with Gasteiger partial charge in [-0.3, -0.25) is 4.90 Å². The Kier molecular flexibility index (Phi) is 5.76. The Balaban J connectivity index is 1.97. The summed E-state index contributed by atoms with van der Waals surface area (Å²) in [5.41, 5.74) is -0.507. The van der Waals surface area contributed by atoms with E-state index in [1.807, 2.05) is 32.6 Å². The minimum atomic E-state index is -1.22. The van der Waals surface area contributed by atoms with Gasteiger partial charge in [-0.15, -0.1) is 0 Å². The van der Waals surface area contributed by atoms with Crippen molar-refractivity contribution in [2.75, 3.05) is 13.2 Å². The third-order valence-corrected chi connectivity index (χ3v) is 6.62. The van der Waals surface area contributed by atoms with Gasteiger partial charge in [0.15, 0.2) is 0 Å². The molecule has 2 aliphatic rings. The molecule has 0 aromatic carbocycles. The molecule has 0 saturated carbocycles. The lowest BCUT2D eigenvalue weighted by Gasteiger charge is -2.45. The number of carbonyl (C=O) groups excluding carboxylic acids is 2. The van der Waals surface area contributed by atoms with Gasteiger partial charge in [-0.05, 0) is 46.6 Å². The fourth-order valence-electron chi connectivity index (χ4n) is 3.53. The van der Waals surface area contributed by atoms with Gasteiger partial charge in [-0.25, -0.2) is 9.59 Å². The Morgan fingerprint density at radius 1 is 1.12 bits per heavy atom. The van der Waals surface area contributed by atoms with Crippen LogP contribution >= 0.6 is 0 Å². The Bertz CT molecular complexity index is 512. The number of likely N-dealkylation sites (tertiary alicyclic amines) is 1. The number of ether oxygens (including phenoxy) is 2. The van der Waals surface area contributed by atoms with Crippen LogP contribution in [0.4, 0.5) is 9.59 Å². The second-order valence-corrected chi connectivity index (χ2v) is 15.1. The maximum absolute atomic E-state index is 12.6. The highest BCUT2D eigenvalue weighted by Gasteiger charge is 2.49. The zero-order valence-corrected chi connectivity index (χ0v) is 17.8. The first-order valence-electron chi connectivity index (χ1n) is 9.34. The first kappa shape index (κ1) is 20.1. The molecule has 0 aromatic rings. The molecule has 0 spiro atoms. The van der Waals surface area contributed by atoms with E-state index in [9.17, 15) is 9.59 Å². The van der Waals surface area contributed by atoms with Crippen LogP contribution in [0.2, 0.25) is 25.7 Å². The van der Waals surface area contributed by atoms with Crippen molar-refractivity contribution < 1.29 is 19.1 Å². The van der Waals surface area contributed by atoms with Gasteiger partial charge < -0.3 is 14.4 Å². The third-order valence-electron chi connectivity index (χ3n) is 4.92. The van der Waals surface area contributed by atoms with E-state index in [-0.39, 0.29) is 30.3 Å². The first-order chi connectivity index (χ1) is 11.4. The van der Waals surface area contributed by atoms with Gasteiger partial charge in [0, 0.05) is 14.6 Å². The molecule has 2 heterocycles. The molecule has 25 heavy (non-hydrogen) atoms. The predicted molar refractivity (Wildman–Crippen MR) is 101 cm³/mol. The zero-order chi connectivity index (χ0) is 19.0. The molecule has 0 aromatic heterocycles. The van der Waals surface area contributed by atoms with E-state index in [0.29, 0.717) is 13.2 Å². The molecule has 6 nitrogen and oxygen atoms in total. The van der Waals surface area contributed by atoms with Crippen molar-refractivity contribution in [2.24, 2.45) is 0 Å². The average molecular weight is 371 g/mol. The molecule has 0 aliphatic carbocycles. The van der Waals surface area contributed by atoms with Crippen LogP contribution in [0.5, 0.6) is 0 Å². The molecular formula is C18H34N2O4Si. The van der Waals surface area contributed by atoms with Crippen LogP contribution in [-0.4, -0.2) is 66.9 Å². The fourth-order valence-corrected chi connectivity index (χ4v) is 4.25. The molecular weight excluding hydrogens is 336 g/mol. The second-order valence-electron chi connectivity index (χ2n) is 9.50.